The second-order valence-electron chi connectivity index (χ2n) is 17.2. The Balaban J connectivity index is 0.000000390. The van der Waals surface area contributed by atoms with Crippen LogP contribution in [0.1, 0.15) is 97.6 Å². The van der Waals surface area contributed by atoms with Crippen LogP contribution in [-0.2, 0) is 30.9 Å². The number of hydrogen-bond acceptors (Lipinski definition) is 5. The minimum Gasteiger partial charge on any atom is -0.421 e. The summed E-state index contributed by atoms with van der Waals surface area (Å²) in [4.78, 5) is 2.58. The van der Waals surface area contributed by atoms with E-state index in [1.54, 1.807) is 0 Å². The lowest BCUT2D eigenvalue weighted by molar-refractivity contribution is -0.438. The first-order valence-electron chi connectivity index (χ1n) is 21.2. The van der Waals surface area contributed by atoms with Crippen molar-refractivity contribution < 1.29 is 47.8 Å². The summed E-state index contributed by atoms with van der Waals surface area (Å²) in [7, 11) is -13.4. The molecule has 1 aliphatic carbocycles. The van der Waals surface area contributed by atoms with E-state index in [4.69, 9.17) is 11.6 Å². The summed E-state index contributed by atoms with van der Waals surface area (Å²) in [5.41, 5.74) is -1.80. The Bertz CT molecular complexity index is 2800. The zero-order valence-corrected chi connectivity index (χ0v) is 38.9. The molecule has 0 saturated carbocycles. The molecule has 0 unspecified atom stereocenters. The van der Waals surface area contributed by atoms with Gasteiger partial charge < -0.3 is 9.03 Å². The van der Waals surface area contributed by atoms with Crippen molar-refractivity contribution in [1.29, 1.82) is 0 Å². The number of halogens is 7. The van der Waals surface area contributed by atoms with E-state index in [0.717, 1.165) is 54.4 Å². The van der Waals surface area contributed by atoms with E-state index >= 15 is 0 Å². The Labute approximate surface area is 377 Å². The van der Waals surface area contributed by atoms with Gasteiger partial charge in [-0.2, -0.15) is 30.9 Å². The topological polar surface area (TPSA) is 88.6 Å². The maximum Gasteiger partial charge on any atom is 0.480 e. The standard InChI is InChI=1S/C46H52ClN2.C2F6NO4S2/c1-7-9-30-48-38-26-22-32-16-11-13-20-36(32)42(38)45(3,4)40(48)28-24-34-18-15-19-35(44(34)47)25-29-41-46(5,6)43-37-21-14-12-17-33(37)23-27-39(43)49(41)31-10-8-2;3-1(4,5)14(10,11)9-15(12,13)2(6,7)8/h11-14,16-17,20-29H,7-10,15,18-19,30-31H2,1-6H3;/q+1;-1. The molecule has 0 N–H and O–H groups in total. The molecule has 0 atom stereocenters. The maximum atomic E-state index is 11.4. The maximum absolute atomic E-state index is 11.4. The Morgan fingerprint density at radius 2 is 1.28 bits per heavy atom. The number of allylic oxidation sites excluding steroid dienone is 8. The van der Waals surface area contributed by atoms with Crippen molar-refractivity contribution in [2.24, 2.45) is 0 Å². The van der Waals surface area contributed by atoms with Crippen LogP contribution < -0.4 is 4.90 Å². The summed E-state index contributed by atoms with van der Waals surface area (Å²) >= 11 is 7.33. The van der Waals surface area contributed by atoms with Crippen molar-refractivity contribution in [3.63, 3.8) is 0 Å². The molecular formula is C48H52ClF6N3O4S2. The summed E-state index contributed by atoms with van der Waals surface area (Å²) in [5, 5.41) is 6.28. The zero-order valence-electron chi connectivity index (χ0n) is 36.5. The van der Waals surface area contributed by atoms with Crippen LogP contribution in [0.15, 0.2) is 119 Å². The molecule has 3 aliphatic rings. The molecule has 0 radical (unpaired) electrons. The number of benzene rings is 4. The van der Waals surface area contributed by atoms with Gasteiger partial charge in [0.25, 0.3) is 0 Å². The van der Waals surface area contributed by atoms with Gasteiger partial charge in [-0.3, -0.25) is 0 Å². The molecule has 344 valence electrons. The number of hydrogen-bond donors (Lipinski definition) is 0. The summed E-state index contributed by atoms with van der Waals surface area (Å²) < 4.78 is 112. The van der Waals surface area contributed by atoms with Crippen molar-refractivity contribution in [1.82, 2.24) is 0 Å². The molecule has 7 rings (SSSR count). The number of anilines is 1. The molecule has 64 heavy (non-hydrogen) atoms. The molecule has 2 aliphatic heterocycles. The lowest BCUT2D eigenvalue weighted by Gasteiger charge is -2.27. The van der Waals surface area contributed by atoms with E-state index in [0.29, 0.717) is 0 Å². The molecule has 16 heteroatoms. The largest absolute Gasteiger partial charge is 0.480 e. The van der Waals surface area contributed by atoms with Gasteiger partial charge in [0.15, 0.2) is 25.8 Å². The minimum atomic E-state index is -6.72. The van der Waals surface area contributed by atoms with Crippen LogP contribution in [0, 0.1) is 0 Å². The van der Waals surface area contributed by atoms with Gasteiger partial charge in [-0.25, -0.2) is 16.8 Å². The highest BCUT2D eigenvalue weighted by molar-refractivity contribution is 8.13. The monoisotopic (exact) mass is 947 g/mol. The number of unbranched alkanes of at least 4 members (excludes halogenated alkanes) is 2. The van der Waals surface area contributed by atoms with Crippen LogP contribution in [0.3, 0.4) is 0 Å². The summed E-state index contributed by atoms with van der Waals surface area (Å²) in [6.45, 7) is 16.2. The lowest BCUT2D eigenvalue weighted by Crippen LogP contribution is -2.30. The van der Waals surface area contributed by atoms with Crippen molar-refractivity contribution >= 4 is 70.3 Å². The van der Waals surface area contributed by atoms with Crippen LogP contribution in [0.25, 0.3) is 25.7 Å². The molecule has 0 bridgehead atoms. The number of nitrogens with zero attached hydrogens (tertiary/aromatic N) is 3. The van der Waals surface area contributed by atoms with Gasteiger partial charge in [-0.1, -0.05) is 119 Å². The number of sulfonamides is 2. The molecule has 0 fully saturated rings. The first-order chi connectivity index (χ1) is 29.9. The summed E-state index contributed by atoms with van der Waals surface area (Å²) in [6.07, 6.45) is 17.2. The van der Waals surface area contributed by atoms with Gasteiger partial charge in [0, 0.05) is 52.5 Å². The van der Waals surface area contributed by atoms with E-state index in [1.165, 1.54) is 79.4 Å². The number of alkyl halides is 6. The van der Waals surface area contributed by atoms with Crippen LogP contribution in [0.5, 0.6) is 0 Å². The molecular weight excluding hydrogens is 896 g/mol. The fourth-order valence-electron chi connectivity index (χ4n) is 8.97. The zero-order chi connectivity index (χ0) is 47.0. The van der Waals surface area contributed by atoms with E-state index in [2.05, 4.69) is 148 Å². The second kappa shape index (κ2) is 18.4. The van der Waals surface area contributed by atoms with E-state index in [-0.39, 0.29) is 10.8 Å². The van der Waals surface area contributed by atoms with Gasteiger partial charge in [0.05, 0.1) is 5.41 Å². The Kier molecular flexibility index (Phi) is 14.1. The third kappa shape index (κ3) is 9.45. The Hall–Kier alpha value is -4.44. The Morgan fingerprint density at radius 3 is 1.86 bits per heavy atom. The van der Waals surface area contributed by atoms with Crippen LogP contribution in [0.4, 0.5) is 37.7 Å². The molecule has 2 heterocycles. The third-order valence-corrected chi connectivity index (χ3v) is 15.3. The molecule has 0 saturated heterocycles. The van der Waals surface area contributed by atoms with Crippen LogP contribution in [0.2, 0.25) is 0 Å². The highest BCUT2D eigenvalue weighted by Crippen LogP contribution is 2.51. The number of rotatable bonds is 11. The van der Waals surface area contributed by atoms with Crippen LogP contribution in [-0.4, -0.2) is 51.2 Å². The normalized spacial score (nSPS) is 19.0. The van der Waals surface area contributed by atoms with Crippen molar-refractivity contribution in [3.8, 4) is 0 Å². The van der Waals surface area contributed by atoms with E-state index < -0.39 is 31.1 Å². The summed E-state index contributed by atoms with van der Waals surface area (Å²) in [6, 6.07) is 27.0. The average molecular weight is 949 g/mol. The molecule has 0 aromatic heterocycles. The molecule has 7 nitrogen and oxygen atoms in total. The lowest BCUT2D eigenvalue weighted by atomic mass is 9.78. The smallest absolute Gasteiger partial charge is 0.421 e. The fraction of sp³-hybridized carbons (Fsp3) is 0.396. The first kappa shape index (κ1) is 49.0. The second-order valence-corrected chi connectivity index (χ2v) is 21.0. The van der Waals surface area contributed by atoms with Crippen molar-refractivity contribution in [2.45, 2.75) is 108 Å². The van der Waals surface area contributed by atoms with Crippen molar-refractivity contribution in [2.75, 3.05) is 18.0 Å². The highest BCUT2D eigenvalue weighted by atomic mass is 35.5. The Morgan fingerprint density at radius 1 is 0.719 bits per heavy atom. The fourth-order valence-corrected chi connectivity index (χ4v) is 11.0. The minimum absolute atomic E-state index is 0.111. The van der Waals surface area contributed by atoms with Crippen molar-refractivity contribution in [3.05, 3.63) is 134 Å². The van der Waals surface area contributed by atoms with Gasteiger partial charge in [0.2, 0.25) is 5.69 Å². The first-order valence-corrected chi connectivity index (χ1v) is 24.5. The van der Waals surface area contributed by atoms with Crippen LogP contribution >= 0.6 is 11.6 Å². The predicted molar refractivity (Wildman–Crippen MR) is 246 cm³/mol. The quantitative estimate of drug-likeness (QED) is 0.110. The average Bonchev–Trinajstić information content (AvgIpc) is 3.58. The van der Waals surface area contributed by atoms with Gasteiger partial charge in [0.1, 0.15) is 6.54 Å². The van der Waals surface area contributed by atoms with E-state index in [9.17, 15) is 43.2 Å². The van der Waals surface area contributed by atoms with E-state index in [1.807, 2.05) is 0 Å². The molecule has 4 aromatic carbocycles. The van der Waals surface area contributed by atoms with Gasteiger partial charge in [-0.15, -0.1) is 0 Å². The summed E-state index contributed by atoms with van der Waals surface area (Å²) in [5.74, 6) is 0. The third-order valence-electron chi connectivity index (χ3n) is 12.1. The number of fused-ring (bicyclic) bond motifs is 6. The van der Waals surface area contributed by atoms with Gasteiger partial charge >= 0.3 is 11.0 Å². The van der Waals surface area contributed by atoms with Gasteiger partial charge in [-0.05, 0) is 96.0 Å². The molecule has 0 amide bonds. The SMILES string of the molecule is CCCCN1/C(=C\C=C2/CCCC(/C=C/C3=[N+](CCCC)c4ccc5ccccc5c4C3(C)C)=C2Cl)C(C)(C)c2c1ccc1ccccc21.O=S(=O)([N-]S(=O)(=O)C(F)(F)F)C(F)(F)F. The predicted octanol–water partition coefficient (Wildman–Crippen LogP) is 13.9. The highest BCUT2D eigenvalue weighted by Gasteiger charge is 2.48. The molecule has 0 spiro atoms. The molecule has 4 aromatic rings.